The Morgan fingerprint density at radius 2 is 2.37 bits per heavy atom. The summed E-state index contributed by atoms with van der Waals surface area (Å²) in [4.78, 5) is 11.9. The first-order valence-corrected chi connectivity index (χ1v) is 6.95. The van der Waals surface area contributed by atoms with Crippen molar-refractivity contribution in [2.75, 3.05) is 18.5 Å². The molecule has 1 amide bonds. The van der Waals surface area contributed by atoms with Crippen LogP contribution in [-0.4, -0.2) is 25.1 Å². The molecular weight excluding hydrogens is 240 g/mol. The fourth-order valence-electron chi connectivity index (χ4n) is 2.39. The maximum absolute atomic E-state index is 11.9. The molecule has 1 aliphatic rings. The van der Waals surface area contributed by atoms with Gasteiger partial charge in [0, 0.05) is 18.2 Å². The van der Waals surface area contributed by atoms with Crippen LogP contribution >= 0.6 is 0 Å². The standard InChI is InChI=1S/C15H22N2O2/c1-3-19-13-6-7-14(11(2)9-13)17-15(18)10-12-5-4-8-16-12/h6-7,9,12,16H,3-5,8,10H2,1-2H3,(H,17,18). The molecule has 1 aliphatic heterocycles. The van der Waals surface area contributed by atoms with E-state index in [1.807, 2.05) is 32.0 Å². The van der Waals surface area contributed by atoms with E-state index in [1.165, 1.54) is 6.42 Å². The number of ether oxygens (including phenoxy) is 1. The molecule has 0 saturated carbocycles. The summed E-state index contributed by atoms with van der Waals surface area (Å²) >= 11 is 0. The van der Waals surface area contributed by atoms with E-state index in [2.05, 4.69) is 10.6 Å². The molecule has 0 radical (unpaired) electrons. The van der Waals surface area contributed by atoms with Crippen LogP contribution < -0.4 is 15.4 Å². The average Bonchev–Trinajstić information content (AvgIpc) is 2.86. The van der Waals surface area contributed by atoms with Gasteiger partial charge in [-0.2, -0.15) is 0 Å². The smallest absolute Gasteiger partial charge is 0.225 e. The van der Waals surface area contributed by atoms with Crippen LogP contribution in [0.4, 0.5) is 5.69 Å². The van der Waals surface area contributed by atoms with Crippen LogP contribution in [0.15, 0.2) is 18.2 Å². The second-order valence-electron chi connectivity index (χ2n) is 4.96. The minimum Gasteiger partial charge on any atom is -0.494 e. The predicted octanol–water partition coefficient (Wildman–Crippen LogP) is 2.47. The molecule has 1 saturated heterocycles. The first-order valence-electron chi connectivity index (χ1n) is 6.95. The lowest BCUT2D eigenvalue weighted by atomic mass is 10.1. The number of hydrogen-bond donors (Lipinski definition) is 2. The summed E-state index contributed by atoms with van der Waals surface area (Å²) in [7, 11) is 0. The average molecular weight is 262 g/mol. The van der Waals surface area contributed by atoms with Crippen molar-refractivity contribution < 1.29 is 9.53 Å². The van der Waals surface area contributed by atoms with E-state index >= 15 is 0 Å². The highest BCUT2D eigenvalue weighted by atomic mass is 16.5. The molecule has 4 nitrogen and oxygen atoms in total. The van der Waals surface area contributed by atoms with Gasteiger partial charge in [-0.15, -0.1) is 0 Å². The van der Waals surface area contributed by atoms with Gasteiger partial charge in [-0.25, -0.2) is 0 Å². The van der Waals surface area contributed by atoms with Gasteiger partial charge in [0.1, 0.15) is 5.75 Å². The zero-order valence-electron chi connectivity index (χ0n) is 11.7. The molecule has 0 aliphatic carbocycles. The third kappa shape index (κ3) is 3.96. The summed E-state index contributed by atoms with van der Waals surface area (Å²) in [6.45, 7) is 5.62. The van der Waals surface area contributed by atoms with Gasteiger partial charge in [-0.05, 0) is 57.0 Å². The molecule has 4 heteroatoms. The number of hydrogen-bond acceptors (Lipinski definition) is 3. The van der Waals surface area contributed by atoms with Gasteiger partial charge in [-0.3, -0.25) is 4.79 Å². The summed E-state index contributed by atoms with van der Waals surface area (Å²) < 4.78 is 5.43. The molecule has 1 atom stereocenters. The highest BCUT2D eigenvalue weighted by Gasteiger charge is 2.17. The monoisotopic (exact) mass is 262 g/mol. The summed E-state index contributed by atoms with van der Waals surface area (Å²) in [5, 5.41) is 6.30. The Bertz CT molecular complexity index is 440. The van der Waals surface area contributed by atoms with Crippen LogP contribution in [0.3, 0.4) is 0 Å². The Morgan fingerprint density at radius 1 is 1.53 bits per heavy atom. The van der Waals surface area contributed by atoms with Crippen LogP contribution in [-0.2, 0) is 4.79 Å². The van der Waals surface area contributed by atoms with Gasteiger partial charge >= 0.3 is 0 Å². The number of aryl methyl sites for hydroxylation is 1. The SMILES string of the molecule is CCOc1ccc(NC(=O)CC2CCCN2)c(C)c1. The Kier molecular flexibility index (Phi) is 4.80. The van der Waals surface area contributed by atoms with E-state index in [9.17, 15) is 4.79 Å². The predicted molar refractivity (Wildman–Crippen MR) is 76.6 cm³/mol. The van der Waals surface area contributed by atoms with Gasteiger partial charge in [0.25, 0.3) is 0 Å². The van der Waals surface area contributed by atoms with Crippen molar-refractivity contribution in [3.05, 3.63) is 23.8 Å². The molecule has 19 heavy (non-hydrogen) atoms. The van der Waals surface area contributed by atoms with Crippen LogP contribution in [0.2, 0.25) is 0 Å². The molecule has 0 bridgehead atoms. The van der Waals surface area contributed by atoms with Crippen LogP contribution in [0.1, 0.15) is 31.7 Å². The molecule has 1 fully saturated rings. The minimum atomic E-state index is 0.0756. The van der Waals surface area contributed by atoms with Crippen molar-refractivity contribution in [1.29, 1.82) is 0 Å². The second-order valence-corrected chi connectivity index (χ2v) is 4.96. The zero-order valence-corrected chi connectivity index (χ0v) is 11.7. The van der Waals surface area contributed by atoms with E-state index in [0.717, 1.165) is 30.0 Å². The van der Waals surface area contributed by atoms with Crippen molar-refractivity contribution in [3.8, 4) is 5.75 Å². The molecule has 1 unspecified atom stereocenters. The van der Waals surface area contributed by atoms with Crippen molar-refractivity contribution >= 4 is 11.6 Å². The first-order chi connectivity index (χ1) is 9.19. The van der Waals surface area contributed by atoms with Crippen molar-refractivity contribution in [2.45, 2.75) is 39.2 Å². The zero-order chi connectivity index (χ0) is 13.7. The van der Waals surface area contributed by atoms with Crippen molar-refractivity contribution in [3.63, 3.8) is 0 Å². The molecule has 104 valence electrons. The lowest BCUT2D eigenvalue weighted by Gasteiger charge is -2.13. The van der Waals surface area contributed by atoms with Crippen LogP contribution in [0, 0.1) is 6.92 Å². The maximum Gasteiger partial charge on any atom is 0.225 e. The third-order valence-electron chi connectivity index (χ3n) is 3.38. The molecule has 0 aromatic heterocycles. The fourth-order valence-corrected chi connectivity index (χ4v) is 2.39. The highest BCUT2D eigenvalue weighted by molar-refractivity contribution is 5.92. The Hall–Kier alpha value is -1.55. The molecule has 0 spiro atoms. The summed E-state index contributed by atoms with van der Waals surface area (Å²) in [6.07, 6.45) is 2.81. The first kappa shape index (κ1) is 13.9. The maximum atomic E-state index is 11.9. The molecule has 1 aromatic rings. The van der Waals surface area contributed by atoms with Crippen LogP contribution in [0.25, 0.3) is 0 Å². The second kappa shape index (κ2) is 6.57. The van der Waals surface area contributed by atoms with E-state index in [4.69, 9.17) is 4.74 Å². The summed E-state index contributed by atoms with van der Waals surface area (Å²) in [5.74, 6) is 0.919. The van der Waals surface area contributed by atoms with E-state index in [0.29, 0.717) is 19.1 Å². The van der Waals surface area contributed by atoms with Gasteiger partial charge in [0.2, 0.25) is 5.91 Å². The fraction of sp³-hybridized carbons (Fsp3) is 0.533. The van der Waals surface area contributed by atoms with Crippen molar-refractivity contribution in [2.24, 2.45) is 0 Å². The topological polar surface area (TPSA) is 50.4 Å². The largest absolute Gasteiger partial charge is 0.494 e. The number of anilines is 1. The normalized spacial score (nSPS) is 18.3. The van der Waals surface area contributed by atoms with E-state index in [-0.39, 0.29) is 5.91 Å². The summed E-state index contributed by atoms with van der Waals surface area (Å²) in [5.41, 5.74) is 1.89. The number of carbonyl (C=O) groups excluding carboxylic acids is 1. The quantitative estimate of drug-likeness (QED) is 0.857. The molecular formula is C15H22N2O2. The minimum absolute atomic E-state index is 0.0756. The molecule has 2 rings (SSSR count). The number of benzene rings is 1. The lowest BCUT2D eigenvalue weighted by Crippen LogP contribution is -2.27. The highest BCUT2D eigenvalue weighted by Crippen LogP contribution is 2.22. The molecule has 2 N–H and O–H groups in total. The van der Waals surface area contributed by atoms with Gasteiger partial charge in [-0.1, -0.05) is 0 Å². The number of carbonyl (C=O) groups is 1. The third-order valence-corrected chi connectivity index (χ3v) is 3.38. The Morgan fingerprint density at radius 3 is 3.00 bits per heavy atom. The van der Waals surface area contributed by atoms with Crippen molar-refractivity contribution in [1.82, 2.24) is 5.32 Å². The summed E-state index contributed by atoms with van der Waals surface area (Å²) in [6, 6.07) is 6.08. The van der Waals surface area contributed by atoms with E-state index in [1.54, 1.807) is 0 Å². The van der Waals surface area contributed by atoms with E-state index < -0.39 is 0 Å². The number of nitrogens with one attached hydrogen (secondary N) is 2. The lowest BCUT2D eigenvalue weighted by molar-refractivity contribution is -0.116. The van der Waals surface area contributed by atoms with Gasteiger partial charge in [0.05, 0.1) is 6.61 Å². The number of rotatable bonds is 5. The van der Waals surface area contributed by atoms with Gasteiger partial charge < -0.3 is 15.4 Å². The number of amides is 1. The Balaban J connectivity index is 1.92. The van der Waals surface area contributed by atoms with Crippen LogP contribution in [0.5, 0.6) is 5.75 Å². The molecule has 1 heterocycles. The molecule has 1 aromatic carbocycles. The Labute approximate surface area is 114 Å². The van der Waals surface area contributed by atoms with Gasteiger partial charge in [0.15, 0.2) is 0 Å².